The van der Waals surface area contributed by atoms with Crippen LogP contribution in [-0.2, 0) is 10.3 Å². The topological polar surface area (TPSA) is 106 Å². The van der Waals surface area contributed by atoms with Crippen LogP contribution in [0.1, 0.15) is 5.56 Å². The van der Waals surface area contributed by atoms with E-state index in [9.17, 15) is 24.5 Å². The van der Waals surface area contributed by atoms with E-state index in [2.05, 4.69) is 0 Å². The lowest BCUT2D eigenvalue weighted by Crippen LogP contribution is -2.09. The van der Waals surface area contributed by atoms with Crippen molar-refractivity contribution >= 4 is 23.9 Å². The van der Waals surface area contributed by atoms with Gasteiger partial charge in [-0.3, -0.25) is 10.1 Å². The second kappa shape index (κ2) is 4.76. The van der Waals surface area contributed by atoms with Gasteiger partial charge < -0.3 is 14.4 Å². The van der Waals surface area contributed by atoms with Crippen molar-refractivity contribution in [3.63, 3.8) is 0 Å². The highest BCUT2D eigenvalue weighted by molar-refractivity contribution is 8.53. The van der Waals surface area contributed by atoms with E-state index in [0.29, 0.717) is 5.56 Å². The summed E-state index contributed by atoms with van der Waals surface area (Å²) in [6.45, 7) is -4.58. The molecule has 0 atom stereocenters. The van der Waals surface area contributed by atoms with Crippen LogP contribution in [0.3, 0.4) is 0 Å². The summed E-state index contributed by atoms with van der Waals surface area (Å²) in [7, 11) is 0. The van der Waals surface area contributed by atoms with Gasteiger partial charge in [0, 0.05) is 17.9 Å². The summed E-state index contributed by atoms with van der Waals surface area (Å²) in [5, 5.41) is 10.3. The molecule has 6 nitrogen and oxygen atoms in total. The zero-order valence-electron chi connectivity index (χ0n) is 7.36. The summed E-state index contributed by atoms with van der Waals surface area (Å²) in [6.07, 6.45) is 0. The molecule has 0 unspecified atom stereocenters. The lowest BCUT2D eigenvalue weighted by atomic mass is 10.2. The Hall–Kier alpha value is -0.880. The Morgan fingerprint density at radius 1 is 1.27 bits per heavy atom. The van der Waals surface area contributed by atoms with Crippen molar-refractivity contribution in [2.24, 2.45) is 0 Å². The van der Waals surface area contributed by atoms with Crippen LogP contribution in [0.4, 0.5) is 5.69 Å². The van der Waals surface area contributed by atoms with Gasteiger partial charge in [0.2, 0.25) is 0 Å². The molecule has 15 heavy (non-hydrogen) atoms. The van der Waals surface area contributed by atoms with E-state index in [1.165, 1.54) is 24.3 Å². The normalized spacial score (nSPS) is 11.3. The molecule has 0 radical (unpaired) electrons. The SMILES string of the molecule is O=[N+]([O-])c1ccc(CSP(=O)([O-])[O-])cc1. The fourth-order valence-corrected chi connectivity index (χ4v) is 2.29. The monoisotopic (exact) mass is 247 g/mol. The summed E-state index contributed by atoms with van der Waals surface area (Å²) < 4.78 is 10.3. The average molecular weight is 247 g/mol. The van der Waals surface area contributed by atoms with Crippen LogP contribution in [0.25, 0.3) is 0 Å². The number of benzene rings is 1. The Balaban J connectivity index is 2.65. The predicted octanol–water partition coefficient (Wildman–Crippen LogP) is 0.657. The highest BCUT2D eigenvalue weighted by atomic mass is 32.7. The number of rotatable bonds is 4. The van der Waals surface area contributed by atoms with Crippen molar-refractivity contribution in [1.29, 1.82) is 0 Å². The lowest BCUT2D eigenvalue weighted by Gasteiger charge is -2.27. The van der Waals surface area contributed by atoms with E-state index in [4.69, 9.17) is 0 Å². The number of nitrogens with zero attached hydrogens (tertiary/aromatic N) is 1. The van der Waals surface area contributed by atoms with E-state index < -0.39 is 11.7 Å². The number of hydrogen-bond acceptors (Lipinski definition) is 6. The molecule has 0 saturated heterocycles. The quantitative estimate of drug-likeness (QED) is 0.439. The Kier molecular flexibility index (Phi) is 3.87. The van der Waals surface area contributed by atoms with Gasteiger partial charge in [-0.15, -0.1) is 11.4 Å². The lowest BCUT2D eigenvalue weighted by molar-refractivity contribution is -0.384. The molecular formula is C7H6NO5PS-2. The molecule has 0 aliphatic heterocycles. The minimum absolute atomic E-state index is 0.00225. The molecule has 1 aromatic rings. The number of non-ortho nitro benzene ring substituents is 1. The second-order valence-electron chi connectivity index (χ2n) is 2.64. The summed E-state index contributed by atoms with van der Waals surface area (Å²) in [5.74, 6) is 0.00225. The molecule has 0 bridgehead atoms. The van der Waals surface area contributed by atoms with Gasteiger partial charge in [0.05, 0.1) is 4.92 Å². The van der Waals surface area contributed by atoms with Crippen molar-refractivity contribution in [2.45, 2.75) is 5.75 Å². The summed E-state index contributed by atoms with van der Waals surface area (Å²) in [6, 6.07) is 5.36. The third-order valence-corrected chi connectivity index (χ3v) is 3.65. The van der Waals surface area contributed by atoms with E-state index >= 15 is 0 Å². The zero-order valence-corrected chi connectivity index (χ0v) is 9.07. The fraction of sp³-hybridized carbons (Fsp3) is 0.143. The molecule has 0 spiro atoms. The number of nitro groups is 1. The summed E-state index contributed by atoms with van der Waals surface area (Å²) >= 11 is 0.276. The summed E-state index contributed by atoms with van der Waals surface area (Å²) in [4.78, 5) is 30.3. The van der Waals surface area contributed by atoms with Crippen molar-refractivity contribution in [1.82, 2.24) is 0 Å². The van der Waals surface area contributed by atoms with Gasteiger partial charge in [0.15, 0.2) is 0 Å². The first-order valence-corrected chi connectivity index (χ1v) is 6.92. The maximum Gasteiger partial charge on any atom is 0.269 e. The molecule has 0 N–H and O–H groups in total. The Morgan fingerprint density at radius 2 is 1.80 bits per heavy atom. The highest BCUT2D eigenvalue weighted by Crippen LogP contribution is 2.43. The summed E-state index contributed by atoms with van der Waals surface area (Å²) in [5.41, 5.74) is 0.480. The van der Waals surface area contributed by atoms with Crippen molar-refractivity contribution < 1.29 is 19.3 Å². The van der Waals surface area contributed by atoms with Crippen LogP contribution in [-0.4, -0.2) is 4.92 Å². The second-order valence-corrected chi connectivity index (χ2v) is 6.20. The molecule has 0 heterocycles. The van der Waals surface area contributed by atoms with Crippen molar-refractivity contribution in [3.8, 4) is 0 Å². The van der Waals surface area contributed by atoms with Gasteiger partial charge in [-0.2, -0.15) is 0 Å². The van der Waals surface area contributed by atoms with Crippen LogP contribution in [0.5, 0.6) is 0 Å². The maximum atomic E-state index is 10.3. The van der Waals surface area contributed by atoms with E-state index in [1.54, 1.807) is 0 Å². The molecule has 0 fully saturated rings. The van der Waals surface area contributed by atoms with Gasteiger partial charge in [-0.1, -0.05) is 12.1 Å². The third kappa shape index (κ3) is 4.44. The van der Waals surface area contributed by atoms with Crippen molar-refractivity contribution in [2.75, 3.05) is 0 Å². The highest BCUT2D eigenvalue weighted by Gasteiger charge is 2.04. The van der Waals surface area contributed by atoms with Crippen LogP contribution in [0.15, 0.2) is 24.3 Å². The predicted molar refractivity (Wildman–Crippen MR) is 52.0 cm³/mol. The molecule has 0 aliphatic carbocycles. The average Bonchev–Trinajstić information content (AvgIpc) is 2.14. The van der Waals surface area contributed by atoms with E-state index in [1.807, 2.05) is 0 Å². The van der Waals surface area contributed by atoms with Crippen LogP contribution in [0.2, 0.25) is 0 Å². The molecule has 1 aromatic carbocycles. The maximum absolute atomic E-state index is 10.3. The Labute approximate surface area is 89.4 Å². The van der Waals surface area contributed by atoms with Gasteiger partial charge in [0.1, 0.15) is 0 Å². The smallest absolute Gasteiger partial charge is 0.269 e. The molecule has 82 valence electrons. The molecule has 8 heteroatoms. The zero-order chi connectivity index (χ0) is 11.5. The minimum Gasteiger partial charge on any atom is -0.803 e. The molecule has 0 aliphatic rings. The first kappa shape index (κ1) is 12.2. The van der Waals surface area contributed by atoms with E-state index in [0.717, 1.165) is 0 Å². The fourth-order valence-electron chi connectivity index (χ4n) is 0.867. The molecule has 0 saturated carbocycles. The number of hydrogen-bond donors (Lipinski definition) is 0. The standard InChI is InChI=1S/C7H8NO5PS/c9-8(10)7-3-1-6(2-4-7)5-15-14(11,12)13/h1-4H,5H2,(H2,11,12,13)/p-2. The number of nitro benzene ring substituents is 1. The minimum atomic E-state index is -4.58. The molecular weight excluding hydrogens is 241 g/mol. The van der Waals surface area contributed by atoms with Gasteiger partial charge >= 0.3 is 0 Å². The molecule has 1 rings (SSSR count). The van der Waals surface area contributed by atoms with E-state index in [-0.39, 0.29) is 22.8 Å². The van der Waals surface area contributed by atoms with Gasteiger partial charge in [-0.25, -0.2) is 0 Å². The van der Waals surface area contributed by atoms with Crippen molar-refractivity contribution in [3.05, 3.63) is 39.9 Å². The van der Waals surface area contributed by atoms with Gasteiger partial charge in [-0.05, 0) is 12.4 Å². The Bertz CT molecular complexity index is 400. The molecule has 0 aromatic heterocycles. The van der Waals surface area contributed by atoms with Crippen LogP contribution in [0, 0.1) is 10.1 Å². The van der Waals surface area contributed by atoms with Crippen LogP contribution < -0.4 is 9.79 Å². The third-order valence-electron chi connectivity index (χ3n) is 1.54. The Morgan fingerprint density at radius 3 is 2.20 bits per heavy atom. The largest absolute Gasteiger partial charge is 0.803 e. The first-order valence-electron chi connectivity index (χ1n) is 3.78. The van der Waals surface area contributed by atoms with Gasteiger partial charge in [0.25, 0.3) is 5.69 Å². The van der Waals surface area contributed by atoms with Crippen LogP contribution >= 0.6 is 18.2 Å². The first-order chi connectivity index (χ1) is 6.88. The molecule has 0 amide bonds.